The summed E-state index contributed by atoms with van der Waals surface area (Å²) in [4.78, 5) is 28.2. The minimum Gasteiger partial charge on any atom is -0.276 e. The average Bonchev–Trinajstić information content (AvgIpc) is 3.10. The van der Waals surface area contributed by atoms with Crippen LogP contribution in [0.5, 0.6) is 0 Å². The second kappa shape index (κ2) is 7.65. The summed E-state index contributed by atoms with van der Waals surface area (Å²) in [6.07, 6.45) is 1.54. The molecule has 0 amide bonds. The molecule has 0 aliphatic carbocycles. The Labute approximate surface area is 204 Å². The summed E-state index contributed by atoms with van der Waals surface area (Å²) in [5.74, 6) is 0. The first-order valence-corrected chi connectivity index (χ1v) is 11.4. The van der Waals surface area contributed by atoms with Gasteiger partial charge in [-0.05, 0) is 67.4 Å². The maximum Gasteiger partial charge on any atom is 0.269 e. The number of fused-ring (bicyclic) bond motifs is 4. The van der Waals surface area contributed by atoms with Crippen LogP contribution in [0.15, 0.2) is 71.8 Å². The van der Waals surface area contributed by atoms with E-state index >= 15 is 0 Å². The Balaban J connectivity index is 1.79. The van der Waals surface area contributed by atoms with E-state index in [9.17, 15) is 4.79 Å². The van der Waals surface area contributed by atoms with Gasteiger partial charge in [0.15, 0.2) is 11.3 Å². The predicted octanol–water partition coefficient (Wildman–Crippen LogP) is 6.20. The third kappa shape index (κ3) is 3.26. The fourth-order valence-corrected chi connectivity index (χ4v) is 4.94. The molecule has 0 aliphatic heterocycles. The standard InChI is InChI=1S/C26H17Cl2N5O/c1-14-7-15(2)9-18(8-14)32-13-29-24-22(26(32)34)23-25(31-21-6-4-3-5-20(21)30-23)33(24)19-11-16(27)10-17(28)12-19/h3-13H,1-2H3. The number of hydrogen-bond acceptors (Lipinski definition) is 4. The van der Waals surface area contributed by atoms with Gasteiger partial charge < -0.3 is 0 Å². The lowest BCUT2D eigenvalue weighted by molar-refractivity contribution is 0.948. The van der Waals surface area contributed by atoms with Crippen molar-refractivity contribution < 1.29 is 0 Å². The second-order valence-electron chi connectivity index (χ2n) is 8.31. The minimum absolute atomic E-state index is 0.226. The molecule has 6 nitrogen and oxygen atoms in total. The molecule has 34 heavy (non-hydrogen) atoms. The molecule has 0 spiro atoms. The van der Waals surface area contributed by atoms with Crippen molar-refractivity contribution in [1.29, 1.82) is 0 Å². The van der Waals surface area contributed by atoms with E-state index < -0.39 is 0 Å². The SMILES string of the molecule is Cc1cc(C)cc(-n2cnc3c(c2=O)c2nc4ccccc4nc2n3-c2cc(Cl)cc(Cl)c2)c1. The molecule has 0 radical (unpaired) electrons. The molecule has 3 aromatic carbocycles. The molecule has 0 atom stereocenters. The lowest BCUT2D eigenvalue weighted by Gasteiger charge is -2.10. The number of aryl methyl sites for hydroxylation is 2. The Morgan fingerprint density at radius 1 is 0.765 bits per heavy atom. The van der Waals surface area contributed by atoms with Crippen molar-refractivity contribution in [2.24, 2.45) is 0 Å². The molecular formula is C26H17Cl2N5O. The van der Waals surface area contributed by atoms with E-state index in [1.54, 1.807) is 33.7 Å². The van der Waals surface area contributed by atoms with Crippen LogP contribution in [0, 0.1) is 13.8 Å². The zero-order chi connectivity index (χ0) is 23.6. The fraction of sp³-hybridized carbons (Fsp3) is 0.0769. The van der Waals surface area contributed by atoms with E-state index in [0.29, 0.717) is 49.0 Å². The molecule has 0 aliphatic rings. The van der Waals surface area contributed by atoms with Gasteiger partial charge in [-0.2, -0.15) is 0 Å². The summed E-state index contributed by atoms with van der Waals surface area (Å²) in [7, 11) is 0. The molecule has 6 rings (SSSR count). The van der Waals surface area contributed by atoms with Crippen LogP contribution in [0.1, 0.15) is 11.1 Å². The first kappa shape index (κ1) is 20.8. The quantitative estimate of drug-likeness (QED) is 0.293. The monoisotopic (exact) mass is 485 g/mol. The average molecular weight is 486 g/mol. The van der Waals surface area contributed by atoms with Gasteiger partial charge >= 0.3 is 0 Å². The van der Waals surface area contributed by atoms with E-state index in [1.807, 2.05) is 50.2 Å². The number of hydrogen-bond donors (Lipinski definition) is 0. The summed E-state index contributed by atoms with van der Waals surface area (Å²) >= 11 is 12.6. The van der Waals surface area contributed by atoms with Gasteiger partial charge in [0.05, 0.1) is 22.4 Å². The molecule has 166 valence electrons. The second-order valence-corrected chi connectivity index (χ2v) is 9.18. The van der Waals surface area contributed by atoms with Gasteiger partial charge in [-0.1, -0.05) is 41.4 Å². The van der Waals surface area contributed by atoms with Gasteiger partial charge in [-0.25, -0.2) is 15.0 Å². The molecule has 3 heterocycles. The van der Waals surface area contributed by atoms with Gasteiger partial charge in [0, 0.05) is 10.0 Å². The van der Waals surface area contributed by atoms with Crippen LogP contribution in [-0.2, 0) is 0 Å². The minimum atomic E-state index is -0.226. The van der Waals surface area contributed by atoms with Crippen LogP contribution in [-0.4, -0.2) is 24.1 Å². The van der Waals surface area contributed by atoms with Gasteiger partial charge in [0.1, 0.15) is 17.2 Å². The summed E-state index contributed by atoms with van der Waals surface area (Å²) in [5.41, 5.74) is 6.12. The summed E-state index contributed by atoms with van der Waals surface area (Å²) in [6, 6.07) is 18.7. The number of rotatable bonds is 2. The molecule has 0 N–H and O–H groups in total. The zero-order valence-electron chi connectivity index (χ0n) is 18.3. The smallest absolute Gasteiger partial charge is 0.269 e. The van der Waals surface area contributed by atoms with Crippen molar-refractivity contribution in [2.75, 3.05) is 0 Å². The van der Waals surface area contributed by atoms with Gasteiger partial charge in [-0.15, -0.1) is 0 Å². The summed E-state index contributed by atoms with van der Waals surface area (Å²) in [6.45, 7) is 4.00. The lowest BCUT2D eigenvalue weighted by Crippen LogP contribution is -2.19. The van der Waals surface area contributed by atoms with E-state index in [0.717, 1.165) is 16.8 Å². The largest absolute Gasteiger partial charge is 0.276 e. The Morgan fingerprint density at radius 3 is 2.09 bits per heavy atom. The van der Waals surface area contributed by atoms with Crippen molar-refractivity contribution in [3.05, 3.63) is 98.5 Å². The Bertz CT molecular complexity index is 1800. The number of benzene rings is 3. The number of para-hydroxylation sites is 2. The van der Waals surface area contributed by atoms with Crippen molar-refractivity contribution >= 4 is 56.4 Å². The van der Waals surface area contributed by atoms with Crippen LogP contribution >= 0.6 is 23.2 Å². The van der Waals surface area contributed by atoms with Crippen molar-refractivity contribution in [1.82, 2.24) is 24.1 Å². The van der Waals surface area contributed by atoms with Gasteiger partial charge in [0.25, 0.3) is 5.56 Å². The van der Waals surface area contributed by atoms with Gasteiger partial charge in [0.2, 0.25) is 0 Å². The lowest BCUT2D eigenvalue weighted by atomic mass is 10.1. The first-order valence-electron chi connectivity index (χ1n) is 10.6. The van der Waals surface area contributed by atoms with Crippen LogP contribution in [0.4, 0.5) is 0 Å². The fourth-order valence-electron chi connectivity index (χ4n) is 4.42. The van der Waals surface area contributed by atoms with E-state index in [-0.39, 0.29) is 5.56 Å². The molecule has 0 saturated carbocycles. The molecule has 8 heteroatoms. The number of nitrogens with zero attached hydrogens (tertiary/aromatic N) is 5. The van der Waals surface area contributed by atoms with Crippen molar-refractivity contribution in [2.45, 2.75) is 13.8 Å². The van der Waals surface area contributed by atoms with Crippen molar-refractivity contribution in [3.63, 3.8) is 0 Å². The van der Waals surface area contributed by atoms with Gasteiger partial charge in [-0.3, -0.25) is 13.9 Å². The first-order chi connectivity index (χ1) is 16.4. The van der Waals surface area contributed by atoms with Crippen LogP contribution in [0.25, 0.3) is 44.6 Å². The molecular weight excluding hydrogens is 469 g/mol. The highest BCUT2D eigenvalue weighted by atomic mass is 35.5. The highest BCUT2D eigenvalue weighted by Gasteiger charge is 2.21. The van der Waals surface area contributed by atoms with Crippen molar-refractivity contribution in [3.8, 4) is 11.4 Å². The van der Waals surface area contributed by atoms with Crippen LogP contribution in [0.3, 0.4) is 0 Å². The van der Waals surface area contributed by atoms with Crippen LogP contribution in [0.2, 0.25) is 10.0 Å². The highest BCUT2D eigenvalue weighted by molar-refractivity contribution is 6.35. The topological polar surface area (TPSA) is 65.6 Å². The summed E-state index contributed by atoms with van der Waals surface area (Å²) in [5, 5.41) is 1.32. The normalized spacial score (nSPS) is 11.6. The predicted molar refractivity (Wildman–Crippen MR) is 137 cm³/mol. The maximum atomic E-state index is 13.9. The molecule has 0 unspecified atom stereocenters. The van der Waals surface area contributed by atoms with E-state index in [1.165, 1.54) is 0 Å². The highest BCUT2D eigenvalue weighted by Crippen LogP contribution is 2.31. The zero-order valence-corrected chi connectivity index (χ0v) is 19.8. The number of aromatic nitrogens is 5. The summed E-state index contributed by atoms with van der Waals surface area (Å²) < 4.78 is 3.34. The molecule has 0 saturated heterocycles. The molecule has 0 fully saturated rings. The Morgan fingerprint density at radius 2 is 1.41 bits per heavy atom. The Kier molecular flexibility index (Phi) is 4.69. The Hall–Kier alpha value is -3.74. The van der Waals surface area contributed by atoms with E-state index in [4.69, 9.17) is 38.2 Å². The number of halogens is 2. The third-order valence-electron chi connectivity index (χ3n) is 5.75. The third-order valence-corrected chi connectivity index (χ3v) is 6.19. The van der Waals surface area contributed by atoms with E-state index in [2.05, 4.69) is 6.07 Å². The molecule has 3 aromatic heterocycles. The maximum absolute atomic E-state index is 13.9. The molecule has 6 aromatic rings. The molecule has 0 bridgehead atoms. The van der Waals surface area contributed by atoms with Crippen LogP contribution < -0.4 is 5.56 Å².